The summed E-state index contributed by atoms with van der Waals surface area (Å²) in [6.07, 6.45) is 5.20. The molecule has 2 aromatic carbocycles. The van der Waals surface area contributed by atoms with Gasteiger partial charge in [-0.1, -0.05) is 52.3 Å². The molecule has 0 saturated heterocycles. The fraction of sp³-hybridized carbons (Fsp3) is 0.320. The third-order valence-corrected chi connectivity index (χ3v) is 8.21. The van der Waals surface area contributed by atoms with Gasteiger partial charge in [-0.05, 0) is 54.0 Å². The Balaban J connectivity index is 1.36. The third-order valence-electron chi connectivity index (χ3n) is 6.80. The fourth-order valence-electron chi connectivity index (χ4n) is 5.30. The highest BCUT2D eigenvalue weighted by Gasteiger charge is 2.52. The van der Waals surface area contributed by atoms with E-state index in [1.807, 2.05) is 0 Å². The standard InChI is InChI=1S/C25H23BrN2OS/c26-19-8-9-23-20(15-19)22-16-21(24-7-4-14-30-24)27-28(22)25(29-23)12-10-18(11-13-25)17-5-2-1-3-6-17/h1-9,14-15,18,22H,10-13,16H2/t18?,22-,25?/m1/s1. The summed E-state index contributed by atoms with van der Waals surface area (Å²) in [7, 11) is 0. The van der Waals surface area contributed by atoms with E-state index < -0.39 is 0 Å². The van der Waals surface area contributed by atoms with E-state index in [1.54, 1.807) is 11.3 Å². The minimum Gasteiger partial charge on any atom is -0.466 e. The molecule has 1 spiro atoms. The molecule has 3 heterocycles. The van der Waals surface area contributed by atoms with E-state index in [4.69, 9.17) is 9.84 Å². The summed E-state index contributed by atoms with van der Waals surface area (Å²) < 4.78 is 7.88. The van der Waals surface area contributed by atoms with Gasteiger partial charge in [-0.2, -0.15) is 5.10 Å². The van der Waals surface area contributed by atoms with Crippen LogP contribution in [0.5, 0.6) is 5.75 Å². The summed E-state index contributed by atoms with van der Waals surface area (Å²) in [6, 6.07) is 21.9. The van der Waals surface area contributed by atoms with Gasteiger partial charge in [0, 0.05) is 29.3 Å². The van der Waals surface area contributed by atoms with Crippen molar-refractivity contribution >= 4 is 33.0 Å². The van der Waals surface area contributed by atoms with Crippen molar-refractivity contribution in [2.24, 2.45) is 5.10 Å². The highest BCUT2D eigenvalue weighted by atomic mass is 79.9. The van der Waals surface area contributed by atoms with Gasteiger partial charge in [-0.15, -0.1) is 11.3 Å². The number of rotatable bonds is 2. The van der Waals surface area contributed by atoms with Crippen LogP contribution in [0, 0.1) is 0 Å². The van der Waals surface area contributed by atoms with Gasteiger partial charge in [0.2, 0.25) is 0 Å². The van der Waals surface area contributed by atoms with Gasteiger partial charge in [-0.3, -0.25) is 0 Å². The molecule has 6 rings (SSSR count). The maximum Gasteiger partial charge on any atom is 0.198 e. The van der Waals surface area contributed by atoms with Crippen molar-refractivity contribution in [3.8, 4) is 5.75 Å². The minimum absolute atomic E-state index is 0.247. The number of benzene rings is 2. The topological polar surface area (TPSA) is 24.8 Å². The number of ether oxygens (including phenoxy) is 1. The second-order valence-corrected chi connectivity index (χ2v) is 10.4. The molecule has 0 radical (unpaired) electrons. The largest absolute Gasteiger partial charge is 0.466 e. The van der Waals surface area contributed by atoms with Crippen molar-refractivity contribution in [3.63, 3.8) is 0 Å². The molecule has 0 bridgehead atoms. The van der Waals surface area contributed by atoms with Crippen LogP contribution in [0.3, 0.4) is 0 Å². The Morgan fingerprint density at radius 3 is 2.63 bits per heavy atom. The molecular formula is C25H23BrN2OS. The van der Waals surface area contributed by atoms with E-state index in [0.717, 1.165) is 42.3 Å². The SMILES string of the molecule is Brc1ccc2c(c1)[C@H]1CC(c3cccs3)=NN1C1(CCC(c3ccccc3)CC1)O2. The number of fused-ring (bicyclic) bond motifs is 4. The first-order chi connectivity index (χ1) is 14.7. The number of nitrogens with zero attached hydrogens (tertiary/aromatic N) is 2. The molecule has 1 saturated carbocycles. The average molecular weight is 479 g/mol. The normalized spacial score (nSPS) is 27.4. The summed E-state index contributed by atoms with van der Waals surface area (Å²) in [4.78, 5) is 1.27. The lowest BCUT2D eigenvalue weighted by molar-refractivity contribution is -0.142. The molecule has 0 amide bonds. The molecule has 0 unspecified atom stereocenters. The monoisotopic (exact) mass is 478 g/mol. The Labute approximate surface area is 189 Å². The quantitative estimate of drug-likeness (QED) is 0.391. The molecule has 1 atom stereocenters. The zero-order valence-corrected chi connectivity index (χ0v) is 19.0. The van der Waals surface area contributed by atoms with Crippen molar-refractivity contribution in [2.45, 2.75) is 49.8 Å². The van der Waals surface area contributed by atoms with Crippen LogP contribution in [0.4, 0.5) is 0 Å². The predicted molar refractivity (Wildman–Crippen MR) is 125 cm³/mol. The number of halogens is 1. The zero-order chi connectivity index (χ0) is 20.1. The van der Waals surface area contributed by atoms with Crippen LogP contribution in [0.25, 0.3) is 0 Å². The Hall–Kier alpha value is -2.11. The zero-order valence-electron chi connectivity index (χ0n) is 16.6. The Morgan fingerprint density at radius 1 is 1.03 bits per heavy atom. The molecule has 3 aliphatic rings. The number of hydrazone groups is 1. The van der Waals surface area contributed by atoms with E-state index in [1.165, 1.54) is 21.7 Å². The summed E-state index contributed by atoms with van der Waals surface area (Å²) in [5.41, 5.74) is 3.55. The van der Waals surface area contributed by atoms with Crippen molar-refractivity contribution in [2.75, 3.05) is 0 Å². The van der Waals surface area contributed by atoms with Crippen molar-refractivity contribution in [1.29, 1.82) is 0 Å². The molecular weight excluding hydrogens is 456 g/mol. The summed E-state index contributed by atoms with van der Waals surface area (Å²) >= 11 is 5.43. The van der Waals surface area contributed by atoms with Crippen LogP contribution in [0.1, 0.15) is 60.1 Å². The van der Waals surface area contributed by atoms with Crippen molar-refractivity contribution in [1.82, 2.24) is 5.01 Å². The summed E-state index contributed by atoms with van der Waals surface area (Å²) in [6.45, 7) is 0. The first-order valence-corrected chi connectivity index (χ1v) is 12.3. The van der Waals surface area contributed by atoms with E-state index in [0.29, 0.717) is 5.92 Å². The Morgan fingerprint density at radius 2 is 1.87 bits per heavy atom. The van der Waals surface area contributed by atoms with Gasteiger partial charge in [0.1, 0.15) is 5.75 Å². The van der Waals surface area contributed by atoms with Gasteiger partial charge in [0.05, 0.1) is 16.6 Å². The van der Waals surface area contributed by atoms with Crippen molar-refractivity contribution < 1.29 is 4.74 Å². The van der Waals surface area contributed by atoms with E-state index in [-0.39, 0.29) is 11.8 Å². The molecule has 0 N–H and O–H groups in total. The predicted octanol–water partition coefficient (Wildman–Crippen LogP) is 7.11. The fourth-order valence-corrected chi connectivity index (χ4v) is 6.40. The molecule has 3 aromatic rings. The van der Waals surface area contributed by atoms with Crippen LogP contribution in [-0.4, -0.2) is 16.4 Å². The molecule has 5 heteroatoms. The smallest absolute Gasteiger partial charge is 0.198 e. The number of hydrogen-bond donors (Lipinski definition) is 0. The molecule has 1 aromatic heterocycles. The van der Waals surface area contributed by atoms with Crippen LogP contribution in [0.2, 0.25) is 0 Å². The average Bonchev–Trinajstić information content (AvgIpc) is 3.46. The van der Waals surface area contributed by atoms with Gasteiger partial charge < -0.3 is 4.74 Å². The lowest BCUT2D eigenvalue weighted by Crippen LogP contribution is -2.55. The Bertz CT molecular complexity index is 1090. The maximum atomic E-state index is 6.78. The molecule has 1 aliphatic carbocycles. The summed E-state index contributed by atoms with van der Waals surface area (Å²) in [5.74, 6) is 1.63. The number of thiophene rings is 1. The molecule has 3 nitrogen and oxygen atoms in total. The Kier molecular flexibility index (Phi) is 4.50. The molecule has 2 aliphatic heterocycles. The van der Waals surface area contributed by atoms with Crippen molar-refractivity contribution in [3.05, 3.63) is 86.5 Å². The van der Waals surface area contributed by atoms with E-state index in [2.05, 4.69) is 87.0 Å². The van der Waals surface area contributed by atoms with Crippen LogP contribution in [-0.2, 0) is 0 Å². The maximum absolute atomic E-state index is 6.78. The highest BCUT2D eigenvalue weighted by molar-refractivity contribution is 9.10. The van der Waals surface area contributed by atoms with Gasteiger partial charge in [0.15, 0.2) is 5.72 Å². The molecule has 1 fully saturated rings. The van der Waals surface area contributed by atoms with E-state index in [9.17, 15) is 0 Å². The first kappa shape index (κ1) is 18.6. The van der Waals surface area contributed by atoms with Crippen LogP contribution < -0.4 is 4.74 Å². The van der Waals surface area contributed by atoms with Gasteiger partial charge >= 0.3 is 0 Å². The molecule has 30 heavy (non-hydrogen) atoms. The third kappa shape index (κ3) is 3.02. The first-order valence-electron chi connectivity index (χ1n) is 10.7. The van der Waals surface area contributed by atoms with Gasteiger partial charge in [-0.25, -0.2) is 5.01 Å². The lowest BCUT2D eigenvalue weighted by atomic mass is 9.78. The lowest BCUT2D eigenvalue weighted by Gasteiger charge is -2.50. The summed E-state index contributed by atoms with van der Waals surface area (Å²) in [5, 5.41) is 9.63. The van der Waals surface area contributed by atoms with Gasteiger partial charge in [0.25, 0.3) is 0 Å². The minimum atomic E-state index is -0.338. The second kappa shape index (κ2) is 7.24. The second-order valence-electron chi connectivity index (χ2n) is 8.50. The van der Waals surface area contributed by atoms with E-state index >= 15 is 0 Å². The number of hydrogen-bond acceptors (Lipinski definition) is 4. The molecule has 152 valence electrons. The van der Waals surface area contributed by atoms with Crippen LogP contribution >= 0.6 is 27.3 Å². The van der Waals surface area contributed by atoms with Crippen LogP contribution in [0.15, 0.2) is 75.6 Å². The highest BCUT2D eigenvalue weighted by Crippen LogP contribution is 2.53.